The second kappa shape index (κ2) is 5.22. The van der Waals surface area contributed by atoms with Gasteiger partial charge >= 0.3 is 0 Å². The Hall–Kier alpha value is -2.50. The van der Waals surface area contributed by atoms with E-state index in [4.69, 9.17) is 0 Å². The van der Waals surface area contributed by atoms with Crippen LogP contribution in [0.5, 0.6) is 0 Å². The molecule has 1 amide bonds. The molecular weight excluding hydrogens is 230 g/mol. The first-order chi connectivity index (χ1) is 8.66. The van der Waals surface area contributed by atoms with Gasteiger partial charge in [0.25, 0.3) is 5.91 Å². The third-order valence-corrected chi connectivity index (χ3v) is 2.28. The number of hydrogen-bond donors (Lipinski definition) is 2. The first-order valence-electron chi connectivity index (χ1n) is 5.43. The molecule has 0 saturated carbocycles. The van der Waals surface area contributed by atoms with Crippen molar-refractivity contribution in [3.8, 4) is 11.4 Å². The molecule has 0 aliphatic carbocycles. The Balaban J connectivity index is 2.17. The van der Waals surface area contributed by atoms with Crippen molar-refractivity contribution in [3.05, 3.63) is 42.0 Å². The Kier molecular flexibility index (Phi) is 3.47. The minimum absolute atomic E-state index is 0.150. The number of rotatable bonds is 4. The second-order valence-corrected chi connectivity index (χ2v) is 3.96. The van der Waals surface area contributed by atoms with Crippen LogP contribution in [0.3, 0.4) is 0 Å². The van der Waals surface area contributed by atoms with Gasteiger partial charge in [-0.2, -0.15) is 5.21 Å². The van der Waals surface area contributed by atoms with E-state index in [2.05, 4.69) is 32.5 Å². The summed E-state index contributed by atoms with van der Waals surface area (Å²) in [5.41, 5.74) is 2.20. The third-order valence-electron chi connectivity index (χ3n) is 2.28. The van der Waals surface area contributed by atoms with Crippen molar-refractivity contribution in [2.45, 2.75) is 6.92 Å². The van der Waals surface area contributed by atoms with Gasteiger partial charge in [0.05, 0.1) is 0 Å². The number of tetrazole rings is 1. The molecule has 2 rings (SSSR count). The Labute approximate surface area is 104 Å². The van der Waals surface area contributed by atoms with E-state index in [9.17, 15) is 4.79 Å². The van der Waals surface area contributed by atoms with Gasteiger partial charge in [-0.25, -0.2) is 0 Å². The summed E-state index contributed by atoms with van der Waals surface area (Å²) in [7, 11) is 0. The molecule has 0 radical (unpaired) electrons. The molecule has 18 heavy (non-hydrogen) atoms. The van der Waals surface area contributed by atoms with E-state index in [1.807, 2.05) is 13.0 Å². The van der Waals surface area contributed by atoms with E-state index in [-0.39, 0.29) is 5.91 Å². The van der Waals surface area contributed by atoms with Gasteiger partial charge in [-0.05, 0) is 24.3 Å². The summed E-state index contributed by atoms with van der Waals surface area (Å²) >= 11 is 0. The normalized spacial score (nSPS) is 10.1. The molecule has 0 unspecified atom stereocenters. The highest BCUT2D eigenvalue weighted by Gasteiger charge is 2.08. The summed E-state index contributed by atoms with van der Waals surface area (Å²) < 4.78 is 0. The molecular formula is C12H13N5O. The lowest BCUT2D eigenvalue weighted by Crippen LogP contribution is -2.24. The Morgan fingerprint density at radius 1 is 1.50 bits per heavy atom. The van der Waals surface area contributed by atoms with E-state index in [0.29, 0.717) is 17.9 Å². The Morgan fingerprint density at radius 3 is 3.00 bits per heavy atom. The van der Waals surface area contributed by atoms with Gasteiger partial charge in [-0.3, -0.25) is 4.79 Å². The minimum Gasteiger partial charge on any atom is -0.348 e. The van der Waals surface area contributed by atoms with Gasteiger partial charge in [-0.1, -0.05) is 24.3 Å². The third kappa shape index (κ3) is 2.79. The largest absolute Gasteiger partial charge is 0.348 e. The molecule has 92 valence electrons. The summed E-state index contributed by atoms with van der Waals surface area (Å²) in [6, 6.07) is 7.05. The number of hydrogen-bond acceptors (Lipinski definition) is 4. The smallest absolute Gasteiger partial charge is 0.251 e. The molecule has 1 aromatic heterocycles. The summed E-state index contributed by atoms with van der Waals surface area (Å²) in [4.78, 5) is 11.9. The Bertz CT molecular complexity index is 562. The van der Waals surface area contributed by atoms with Crippen molar-refractivity contribution in [1.29, 1.82) is 0 Å². The van der Waals surface area contributed by atoms with E-state index in [0.717, 1.165) is 11.1 Å². The molecule has 0 aliphatic rings. The maximum absolute atomic E-state index is 11.9. The van der Waals surface area contributed by atoms with Crippen LogP contribution < -0.4 is 5.32 Å². The number of nitrogens with zero attached hydrogens (tertiary/aromatic N) is 3. The fourth-order valence-corrected chi connectivity index (χ4v) is 1.42. The standard InChI is InChI=1S/C12H13N5O/c1-8(2)7-13-12(18)10-5-3-4-9(6-10)11-14-16-17-15-11/h3-6H,1,7H2,2H3,(H,13,18)(H,14,15,16,17). The van der Waals surface area contributed by atoms with Gasteiger partial charge in [0, 0.05) is 17.7 Å². The quantitative estimate of drug-likeness (QED) is 0.789. The maximum Gasteiger partial charge on any atom is 0.251 e. The summed E-state index contributed by atoms with van der Waals surface area (Å²) in [6.45, 7) is 6.05. The van der Waals surface area contributed by atoms with Crippen LogP contribution in [0.25, 0.3) is 11.4 Å². The lowest BCUT2D eigenvalue weighted by atomic mass is 10.1. The van der Waals surface area contributed by atoms with Gasteiger partial charge in [0.15, 0.2) is 0 Å². The first kappa shape index (κ1) is 12.0. The van der Waals surface area contributed by atoms with Crippen LogP contribution in [0.2, 0.25) is 0 Å². The molecule has 0 bridgehead atoms. The number of benzene rings is 1. The highest BCUT2D eigenvalue weighted by atomic mass is 16.1. The van der Waals surface area contributed by atoms with E-state index < -0.39 is 0 Å². The summed E-state index contributed by atoms with van der Waals surface area (Å²) in [5, 5.41) is 16.4. The number of H-pyrrole nitrogens is 1. The maximum atomic E-state index is 11.9. The minimum atomic E-state index is -0.150. The van der Waals surface area contributed by atoms with Crippen LogP contribution in [0, 0.1) is 0 Å². The van der Waals surface area contributed by atoms with Gasteiger partial charge in [0.1, 0.15) is 0 Å². The fourth-order valence-electron chi connectivity index (χ4n) is 1.42. The molecule has 6 nitrogen and oxygen atoms in total. The zero-order valence-corrected chi connectivity index (χ0v) is 9.97. The van der Waals surface area contributed by atoms with Crippen molar-refractivity contribution in [1.82, 2.24) is 25.9 Å². The summed E-state index contributed by atoms with van der Waals surface area (Å²) in [6.07, 6.45) is 0. The van der Waals surface area contributed by atoms with Crippen LogP contribution in [-0.4, -0.2) is 33.1 Å². The number of carbonyl (C=O) groups excluding carboxylic acids is 1. The number of nitrogens with one attached hydrogen (secondary N) is 2. The van der Waals surface area contributed by atoms with Gasteiger partial charge < -0.3 is 5.32 Å². The number of carbonyl (C=O) groups is 1. The van der Waals surface area contributed by atoms with Crippen molar-refractivity contribution < 1.29 is 4.79 Å². The lowest BCUT2D eigenvalue weighted by molar-refractivity contribution is 0.0957. The first-order valence-corrected chi connectivity index (χ1v) is 5.43. The number of amides is 1. The van der Waals surface area contributed by atoms with Crippen molar-refractivity contribution in [2.75, 3.05) is 6.54 Å². The Morgan fingerprint density at radius 2 is 2.33 bits per heavy atom. The molecule has 2 N–H and O–H groups in total. The average Bonchev–Trinajstić information content (AvgIpc) is 2.90. The van der Waals surface area contributed by atoms with E-state index in [1.54, 1.807) is 18.2 Å². The highest BCUT2D eigenvalue weighted by Crippen LogP contribution is 2.14. The highest BCUT2D eigenvalue weighted by molar-refractivity contribution is 5.95. The molecule has 6 heteroatoms. The lowest BCUT2D eigenvalue weighted by Gasteiger charge is -2.05. The molecule has 1 heterocycles. The van der Waals surface area contributed by atoms with Crippen LogP contribution in [0.15, 0.2) is 36.4 Å². The molecule has 0 spiro atoms. The molecule has 2 aromatic rings. The molecule has 0 fully saturated rings. The number of aromatic nitrogens is 4. The average molecular weight is 243 g/mol. The van der Waals surface area contributed by atoms with Crippen molar-refractivity contribution in [3.63, 3.8) is 0 Å². The second-order valence-electron chi connectivity index (χ2n) is 3.96. The predicted molar refractivity (Wildman–Crippen MR) is 66.8 cm³/mol. The molecule has 0 saturated heterocycles. The van der Waals surface area contributed by atoms with Crippen LogP contribution in [-0.2, 0) is 0 Å². The van der Waals surface area contributed by atoms with Crippen molar-refractivity contribution in [2.24, 2.45) is 0 Å². The molecule has 0 atom stereocenters. The van der Waals surface area contributed by atoms with E-state index >= 15 is 0 Å². The SMILES string of the molecule is C=C(C)CNC(=O)c1cccc(-c2nn[nH]n2)c1. The molecule has 0 aliphatic heterocycles. The van der Waals surface area contributed by atoms with E-state index in [1.165, 1.54) is 0 Å². The topological polar surface area (TPSA) is 83.6 Å². The van der Waals surface area contributed by atoms with Gasteiger partial charge in [-0.15, -0.1) is 10.2 Å². The van der Waals surface area contributed by atoms with Crippen LogP contribution in [0.4, 0.5) is 0 Å². The van der Waals surface area contributed by atoms with Crippen LogP contribution in [0.1, 0.15) is 17.3 Å². The predicted octanol–water partition coefficient (Wildman–Crippen LogP) is 1.17. The van der Waals surface area contributed by atoms with Crippen molar-refractivity contribution >= 4 is 5.91 Å². The zero-order valence-electron chi connectivity index (χ0n) is 9.97. The monoisotopic (exact) mass is 243 g/mol. The molecule has 1 aromatic carbocycles. The van der Waals surface area contributed by atoms with Gasteiger partial charge in [0.2, 0.25) is 5.82 Å². The summed E-state index contributed by atoms with van der Waals surface area (Å²) in [5.74, 6) is 0.313. The van der Waals surface area contributed by atoms with Crippen LogP contribution >= 0.6 is 0 Å². The number of aromatic amines is 1. The zero-order chi connectivity index (χ0) is 13.0. The fraction of sp³-hybridized carbons (Fsp3) is 0.167.